The van der Waals surface area contributed by atoms with E-state index in [0.29, 0.717) is 30.3 Å². The number of ether oxygens (including phenoxy) is 1. The van der Waals surface area contributed by atoms with E-state index in [9.17, 15) is 0 Å². The first-order valence-corrected chi connectivity index (χ1v) is 4.60. The second kappa shape index (κ2) is 3.69. The van der Waals surface area contributed by atoms with Gasteiger partial charge in [0.15, 0.2) is 0 Å². The standard InChI is InChI=1S/C9H12BNO3/c1-6-8(10(12)13)2-3-9(11-6)7-4-14-5-7/h2-3,7,12-13H,4-5H2,1H3. The lowest BCUT2D eigenvalue weighted by Gasteiger charge is -2.25. The summed E-state index contributed by atoms with van der Waals surface area (Å²) in [5.41, 5.74) is 2.11. The fourth-order valence-electron chi connectivity index (χ4n) is 1.50. The fraction of sp³-hybridized carbons (Fsp3) is 0.444. The average molecular weight is 193 g/mol. The predicted octanol–water partition coefficient (Wildman–Crippen LogP) is -0.816. The van der Waals surface area contributed by atoms with Gasteiger partial charge in [-0.25, -0.2) is 0 Å². The minimum atomic E-state index is -1.44. The van der Waals surface area contributed by atoms with Crippen LogP contribution in [0.15, 0.2) is 12.1 Å². The summed E-state index contributed by atoms with van der Waals surface area (Å²) in [4.78, 5) is 4.32. The Balaban J connectivity index is 2.25. The first-order valence-electron chi connectivity index (χ1n) is 4.60. The van der Waals surface area contributed by atoms with Crippen LogP contribution in [0.5, 0.6) is 0 Å². The number of aromatic nitrogens is 1. The molecular weight excluding hydrogens is 181 g/mol. The lowest BCUT2D eigenvalue weighted by atomic mass is 9.79. The first kappa shape index (κ1) is 9.64. The Morgan fingerprint density at radius 1 is 1.43 bits per heavy atom. The van der Waals surface area contributed by atoms with Gasteiger partial charge in [-0.2, -0.15) is 0 Å². The molecule has 0 saturated carbocycles. The highest BCUT2D eigenvalue weighted by Gasteiger charge is 2.23. The molecule has 1 aromatic heterocycles. The van der Waals surface area contributed by atoms with E-state index in [0.717, 1.165) is 5.69 Å². The molecule has 1 aliphatic heterocycles. The molecule has 2 heterocycles. The summed E-state index contributed by atoms with van der Waals surface area (Å²) in [6.45, 7) is 3.21. The monoisotopic (exact) mass is 193 g/mol. The third kappa shape index (κ3) is 1.66. The van der Waals surface area contributed by atoms with Crippen molar-refractivity contribution >= 4 is 12.6 Å². The van der Waals surface area contributed by atoms with E-state index in [1.54, 1.807) is 13.0 Å². The Kier molecular flexibility index (Phi) is 2.54. The van der Waals surface area contributed by atoms with Crippen LogP contribution in [0.1, 0.15) is 17.3 Å². The number of rotatable bonds is 2. The Bertz CT molecular complexity index is 339. The second-order valence-corrected chi connectivity index (χ2v) is 3.52. The maximum Gasteiger partial charge on any atom is 0.490 e. The molecule has 0 bridgehead atoms. The zero-order chi connectivity index (χ0) is 10.1. The Labute approximate surface area is 82.7 Å². The van der Waals surface area contributed by atoms with Crippen LogP contribution in [0, 0.1) is 6.92 Å². The van der Waals surface area contributed by atoms with Crippen molar-refractivity contribution < 1.29 is 14.8 Å². The van der Waals surface area contributed by atoms with Gasteiger partial charge in [0.05, 0.1) is 13.2 Å². The minimum Gasteiger partial charge on any atom is -0.423 e. The molecule has 0 aromatic carbocycles. The van der Waals surface area contributed by atoms with Crippen LogP contribution in [0.2, 0.25) is 0 Å². The topological polar surface area (TPSA) is 62.6 Å². The molecule has 14 heavy (non-hydrogen) atoms. The van der Waals surface area contributed by atoms with Crippen molar-refractivity contribution in [3.8, 4) is 0 Å². The SMILES string of the molecule is Cc1nc(C2COC2)ccc1B(O)O. The third-order valence-electron chi connectivity index (χ3n) is 2.48. The van der Waals surface area contributed by atoms with Crippen LogP contribution in [0.4, 0.5) is 0 Å². The molecule has 0 amide bonds. The van der Waals surface area contributed by atoms with Crippen LogP contribution in [-0.2, 0) is 4.74 Å². The fourth-order valence-corrected chi connectivity index (χ4v) is 1.50. The summed E-state index contributed by atoms with van der Waals surface area (Å²) in [6, 6.07) is 3.54. The normalized spacial score (nSPS) is 16.5. The lowest BCUT2D eigenvalue weighted by molar-refractivity contribution is 0.00668. The highest BCUT2D eigenvalue weighted by molar-refractivity contribution is 6.59. The summed E-state index contributed by atoms with van der Waals surface area (Å²) in [5, 5.41) is 18.0. The van der Waals surface area contributed by atoms with Gasteiger partial charge in [0.2, 0.25) is 0 Å². The van der Waals surface area contributed by atoms with Crippen LogP contribution < -0.4 is 5.46 Å². The molecule has 2 rings (SSSR count). The molecule has 0 unspecified atom stereocenters. The van der Waals surface area contributed by atoms with Crippen molar-refractivity contribution in [3.63, 3.8) is 0 Å². The van der Waals surface area contributed by atoms with Crippen molar-refractivity contribution in [1.82, 2.24) is 4.98 Å². The van der Waals surface area contributed by atoms with Crippen LogP contribution >= 0.6 is 0 Å². The molecule has 1 aromatic rings. The smallest absolute Gasteiger partial charge is 0.423 e. The minimum absolute atomic E-state index is 0.374. The zero-order valence-electron chi connectivity index (χ0n) is 7.97. The molecule has 0 spiro atoms. The summed E-state index contributed by atoms with van der Waals surface area (Å²) < 4.78 is 5.07. The molecule has 5 heteroatoms. The Hall–Kier alpha value is -0.905. The van der Waals surface area contributed by atoms with Crippen molar-refractivity contribution in [2.24, 2.45) is 0 Å². The molecule has 1 fully saturated rings. The van der Waals surface area contributed by atoms with Gasteiger partial charge in [0.1, 0.15) is 0 Å². The van der Waals surface area contributed by atoms with E-state index in [-0.39, 0.29) is 0 Å². The largest absolute Gasteiger partial charge is 0.490 e. The van der Waals surface area contributed by atoms with Gasteiger partial charge in [-0.1, -0.05) is 6.07 Å². The maximum atomic E-state index is 9.00. The van der Waals surface area contributed by atoms with Crippen LogP contribution in [0.3, 0.4) is 0 Å². The molecular formula is C9H12BNO3. The highest BCUT2D eigenvalue weighted by atomic mass is 16.5. The van der Waals surface area contributed by atoms with E-state index in [1.165, 1.54) is 0 Å². The van der Waals surface area contributed by atoms with Crippen molar-refractivity contribution in [1.29, 1.82) is 0 Å². The molecule has 0 atom stereocenters. The molecule has 1 saturated heterocycles. The molecule has 0 radical (unpaired) electrons. The van der Waals surface area contributed by atoms with Crippen molar-refractivity contribution in [3.05, 3.63) is 23.5 Å². The summed E-state index contributed by atoms with van der Waals surface area (Å²) in [6.07, 6.45) is 0. The Morgan fingerprint density at radius 3 is 2.57 bits per heavy atom. The van der Waals surface area contributed by atoms with E-state index in [4.69, 9.17) is 14.8 Å². The lowest BCUT2D eigenvalue weighted by Crippen LogP contribution is -2.34. The molecule has 74 valence electrons. The van der Waals surface area contributed by atoms with Gasteiger partial charge in [-0.15, -0.1) is 0 Å². The second-order valence-electron chi connectivity index (χ2n) is 3.52. The van der Waals surface area contributed by atoms with E-state index >= 15 is 0 Å². The van der Waals surface area contributed by atoms with Gasteiger partial charge < -0.3 is 14.8 Å². The highest BCUT2D eigenvalue weighted by Crippen LogP contribution is 2.21. The van der Waals surface area contributed by atoms with Gasteiger partial charge >= 0.3 is 7.12 Å². The maximum absolute atomic E-state index is 9.00. The molecule has 2 N–H and O–H groups in total. The van der Waals surface area contributed by atoms with E-state index in [2.05, 4.69) is 4.98 Å². The van der Waals surface area contributed by atoms with Gasteiger partial charge in [-0.3, -0.25) is 4.98 Å². The number of nitrogens with zero attached hydrogens (tertiary/aromatic N) is 1. The number of pyridine rings is 1. The summed E-state index contributed by atoms with van der Waals surface area (Å²) in [7, 11) is -1.44. The molecule has 0 aliphatic carbocycles. The number of hydrogen-bond acceptors (Lipinski definition) is 4. The molecule has 1 aliphatic rings. The van der Waals surface area contributed by atoms with Crippen molar-refractivity contribution in [2.75, 3.05) is 13.2 Å². The molecule has 4 nitrogen and oxygen atoms in total. The van der Waals surface area contributed by atoms with Gasteiger partial charge in [-0.05, 0) is 13.0 Å². The number of aryl methyl sites for hydroxylation is 1. The quantitative estimate of drug-likeness (QED) is 0.602. The van der Waals surface area contributed by atoms with Crippen LogP contribution in [0.25, 0.3) is 0 Å². The first-order chi connectivity index (χ1) is 6.68. The Morgan fingerprint density at radius 2 is 2.14 bits per heavy atom. The summed E-state index contributed by atoms with van der Waals surface area (Å²) >= 11 is 0. The van der Waals surface area contributed by atoms with Gasteiger partial charge in [0.25, 0.3) is 0 Å². The van der Waals surface area contributed by atoms with E-state index in [1.807, 2.05) is 6.07 Å². The summed E-state index contributed by atoms with van der Waals surface area (Å²) in [5.74, 6) is 0.374. The van der Waals surface area contributed by atoms with Gasteiger partial charge in [0, 0.05) is 22.8 Å². The zero-order valence-corrected chi connectivity index (χ0v) is 7.97. The number of hydrogen-bond donors (Lipinski definition) is 2. The van der Waals surface area contributed by atoms with E-state index < -0.39 is 7.12 Å². The third-order valence-corrected chi connectivity index (χ3v) is 2.48. The average Bonchev–Trinajstić information content (AvgIpc) is 2.00. The van der Waals surface area contributed by atoms with Crippen LogP contribution in [-0.4, -0.2) is 35.4 Å². The van der Waals surface area contributed by atoms with Crippen molar-refractivity contribution in [2.45, 2.75) is 12.8 Å². The predicted molar refractivity (Wildman–Crippen MR) is 52.4 cm³/mol.